The lowest BCUT2D eigenvalue weighted by Crippen LogP contribution is -2.57. The van der Waals surface area contributed by atoms with Crippen LogP contribution in [0.1, 0.15) is 24.1 Å². The molecule has 1 aromatic rings. The van der Waals surface area contributed by atoms with Gasteiger partial charge in [-0.3, -0.25) is 4.79 Å². The Bertz CT molecular complexity index is 524. The van der Waals surface area contributed by atoms with E-state index in [9.17, 15) is 4.79 Å². The van der Waals surface area contributed by atoms with Crippen LogP contribution in [0, 0.1) is 5.41 Å². The number of hydrogen-bond donors (Lipinski definition) is 0. The number of carbonyl (C=O) groups excluding carboxylic acids is 1. The van der Waals surface area contributed by atoms with E-state index < -0.39 is 0 Å². The number of likely N-dealkylation sites (tertiary alicyclic amines) is 1. The normalized spacial score (nSPS) is 28.8. The van der Waals surface area contributed by atoms with Crippen molar-refractivity contribution in [3.05, 3.63) is 28.5 Å². The highest BCUT2D eigenvalue weighted by atomic mass is 32.1. The quantitative estimate of drug-likeness (QED) is 0.801. The summed E-state index contributed by atoms with van der Waals surface area (Å²) in [5.74, 6) is 0.0906. The molecule has 2 aliphatic rings. The molecule has 0 bridgehead atoms. The Morgan fingerprint density at radius 1 is 1.64 bits per heavy atom. The van der Waals surface area contributed by atoms with E-state index in [2.05, 4.69) is 0 Å². The van der Waals surface area contributed by atoms with E-state index in [0.29, 0.717) is 6.61 Å². The summed E-state index contributed by atoms with van der Waals surface area (Å²) in [5.41, 5.74) is -0.0301. The third kappa shape index (κ3) is 3.26. The zero-order valence-electron chi connectivity index (χ0n) is 13.0. The number of amides is 1. The molecule has 2 aliphatic heterocycles. The molecule has 22 heavy (non-hydrogen) atoms. The van der Waals surface area contributed by atoms with Crippen LogP contribution in [0.3, 0.4) is 0 Å². The second-order valence-corrected chi connectivity index (χ2v) is 7.13. The van der Waals surface area contributed by atoms with Gasteiger partial charge in [0.1, 0.15) is 0 Å². The first-order chi connectivity index (χ1) is 10.7. The van der Waals surface area contributed by atoms with Crippen LogP contribution in [0.5, 0.6) is 0 Å². The average Bonchev–Trinajstić information content (AvgIpc) is 3.05. The van der Waals surface area contributed by atoms with Crippen LogP contribution < -0.4 is 0 Å². The molecule has 5 heteroatoms. The van der Waals surface area contributed by atoms with Crippen molar-refractivity contribution in [2.75, 3.05) is 33.4 Å². The highest BCUT2D eigenvalue weighted by molar-refractivity contribution is 7.10. The van der Waals surface area contributed by atoms with Gasteiger partial charge in [-0.05, 0) is 36.8 Å². The van der Waals surface area contributed by atoms with Crippen LogP contribution in [-0.2, 0) is 14.3 Å². The molecule has 1 amide bonds. The molecule has 0 aromatic carbocycles. The van der Waals surface area contributed by atoms with E-state index in [4.69, 9.17) is 9.47 Å². The SMILES string of the molecule is COC[C@@]12CCCO[C@@H]1CCN(C(=O)/C=C/c1cccs1)C2. The maximum Gasteiger partial charge on any atom is 0.246 e. The highest BCUT2D eigenvalue weighted by Crippen LogP contribution is 2.40. The van der Waals surface area contributed by atoms with E-state index in [1.807, 2.05) is 28.5 Å². The standard InChI is InChI=1S/C17H23NO3S/c1-20-13-17-8-3-10-21-15(17)7-9-18(12-17)16(19)6-5-14-4-2-11-22-14/h2,4-6,11,15H,3,7-10,12-13H2,1H3/b6-5+/t15-,17+/m1/s1. The van der Waals surface area contributed by atoms with Crippen molar-refractivity contribution in [1.29, 1.82) is 0 Å². The maximum absolute atomic E-state index is 12.5. The number of fused-ring (bicyclic) bond motifs is 1. The molecule has 0 radical (unpaired) electrons. The summed E-state index contributed by atoms with van der Waals surface area (Å²) in [6.45, 7) is 3.00. The summed E-state index contributed by atoms with van der Waals surface area (Å²) < 4.78 is 11.4. The molecule has 0 N–H and O–H groups in total. The third-order valence-electron chi connectivity index (χ3n) is 4.66. The zero-order valence-corrected chi connectivity index (χ0v) is 13.8. The number of carbonyl (C=O) groups is 1. The van der Waals surface area contributed by atoms with E-state index in [1.165, 1.54) is 0 Å². The van der Waals surface area contributed by atoms with Crippen LogP contribution in [0.25, 0.3) is 6.08 Å². The van der Waals surface area contributed by atoms with Crippen molar-refractivity contribution in [2.45, 2.75) is 25.4 Å². The summed E-state index contributed by atoms with van der Waals surface area (Å²) in [6, 6.07) is 4.01. The van der Waals surface area contributed by atoms with Gasteiger partial charge in [0.05, 0.1) is 12.7 Å². The zero-order chi connectivity index (χ0) is 15.4. The van der Waals surface area contributed by atoms with Crippen molar-refractivity contribution in [3.63, 3.8) is 0 Å². The molecular weight excluding hydrogens is 298 g/mol. The van der Waals surface area contributed by atoms with Gasteiger partial charge in [0.25, 0.3) is 0 Å². The summed E-state index contributed by atoms with van der Waals surface area (Å²) in [4.78, 5) is 15.5. The fourth-order valence-corrected chi connectivity index (χ4v) is 4.24. The van der Waals surface area contributed by atoms with Gasteiger partial charge in [-0.2, -0.15) is 0 Å². The van der Waals surface area contributed by atoms with Gasteiger partial charge in [-0.15, -0.1) is 11.3 Å². The second-order valence-electron chi connectivity index (χ2n) is 6.16. The molecule has 2 atom stereocenters. The fourth-order valence-electron chi connectivity index (χ4n) is 3.62. The number of hydrogen-bond acceptors (Lipinski definition) is 4. The van der Waals surface area contributed by atoms with Crippen molar-refractivity contribution in [3.8, 4) is 0 Å². The van der Waals surface area contributed by atoms with Crippen LogP contribution in [-0.4, -0.2) is 50.3 Å². The van der Waals surface area contributed by atoms with E-state index in [-0.39, 0.29) is 17.4 Å². The molecule has 3 heterocycles. The smallest absolute Gasteiger partial charge is 0.246 e. The van der Waals surface area contributed by atoms with Crippen LogP contribution in [0.15, 0.2) is 23.6 Å². The minimum atomic E-state index is -0.0301. The van der Waals surface area contributed by atoms with E-state index in [1.54, 1.807) is 24.5 Å². The molecule has 0 unspecified atom stereocenters. The molecule has 1 aromatic heterocycles. The van der Waals surface area contributed by atoms with Crippen molar-refractivity contribution in [1.82, 2.24) is 4.90 Å². The fraction of sp³-hybridized carbons (Fsp3) is 0.588. The van der Waals surface area contributed by atoms with Gasteiger partial charge < -0.3 is 14.4 Å². The maximum atomic E-state index is 12.5. The Labute approximate surface area is 135 Å². The van der Waals surface area contributed by atoms with Crippen LogP contribution >= 0.6 is 11.3 Å². The van der Waals surface area contributed by atoms with Crippen molar-refractivity contribution < 1.29 is 14.3 Å². The summed E-state index contributed by atoms with van der Waals surface area (Å²) in [5, 5.41) is 2.02. The Morgan fingerprint density at radius 3 is 3.32 bits per heavy atom. The lowest BCUT2D eigenvalue weighted by molar-refractivity contribution is -0.159. The predicted octanol–water partition coefficient (Wildman–Crippen LogP) is 2.81. The molecule has 2 fully saturated rings. The average molecular weight is 321 g/mol. The monoisotopic (exact) mass is 321 g/mol. The Hall–Kier alpha value is -1.17. The molecule has 120 valence electrons. The molecule has 4 nitrogen and oxygen atoms in total. The van der Waals surface area contributed by atoms with Crippen molar-refractivity contribution >= 4 is 23.3 Å². The van der Waals surface area contributed by atoms with E-state index >= 15 is 0 Å². The second kappa shape index (κ2) is 6.94. The topological polar surface area (TPSA) is 38.8 Å². The lowest BCUT2D eigenvalue weighted by atomic mass is 9.73. The molecular formula is C17H23NO3S. The molecule has 0 saturated carbocycles. The van der Waals surface area contributed by atoms with Crippen LogP contribution in [0.4, 0.5) is 0 Å². The summed E-state index contributed by atoms with van der Waals surface area (Å²) >= 11 is 1.64. The van der Waals surface area contributed by atoms with Gasteiger partial charge in [0.15, 0.2) is 0 Å². The Balaban J connectivity index is 1.68. The first kappa shape index (κ1) is 15.7. The van der Waals surface area contributed by atoms with Gasteiger partial charge in [-0.25, -0.2) is 0 Å². The Kier molecular flexibility index (Phi) is 4.96. The minimum absolute atomic E-state index is 0.0301. The summed E-state index contributed by atoms with van der Waals surface area (Å²) in [6.07, 6.45) is 6.85. The molecule has 3 rings (SSSR count). The Morgan fingerprint density at radius 2 is 2.55 bits per heavy atom. The lowest BCUT2D eigenvalue weighted by Gasteiger charge is -2.50. The van der Waals surface area contributed by atoms with Crippen LogP contribution in [0.2, 0.25) is 0 Å². The van der Waals surface area contributed by atoms with Gasteiger partial charge >= 0.3 is 0 Å². The number of nitrogens with zero attached hydrogens (tertiary/aromatic N) is 1. The minimum Gasteiger partial charge on any atom is -0.384 e. The molecule has 2 saturated heterocycles. The van der Waals surface area contributed by atoms with Crippen molar-refractivity contribution in [2.24, 2.45) is 5.41 Å². The number of rotatable bonds is 4. The summed E-state index contributed by atoms with van der Waals surface area (Å²) in [7, 11) is 1.73. The van der Waals surface area contributed by atoms with Gasteiger partial charge in [0.2, 0.25) is 5.91 Å². The predicted molar refractivity (Wildman–Crippen MR) is 87.8 cm³/mol. The van der Waals surface area contributed by atoms with Gasteiger partial charge in [-0.1, -0.05) is 6.07 Å². The number of thiophene rings is 1. The first-order valence-electron chi connectivity index (χ1n) is 7.84. The number of piperidine rings is 1. The molecule has 0 spiro atoms. The third-order valence-corrected chi connectivity index (χ3v) is 5.50. The first-order valence-corrected chi connectivity index (χ1v) is 8.72. The highest BCUT2D eigenvalue weighted by Gasteiger charge is 2.46. The number of ether oxygens (including phenoxy) is 2. The molecule has 0 aliphatic carbocycles. The van der Waals surface area contributed by atoms with E-state index in [0.717, 1.165) is 43.8 Å². The number of methoxy groups -OCH3 is 1. The largest absolute Gasteiger partial charge is 0.384 e. The van der Waals surface area contributed by atoms with Gasteiger partial charge in [0, 0.05) is 43.2 Å².